The average Bonchev–Trinajstić information content (AvgIpc) is 3.52. The standard InChI is InChI=1S/C45H28N4/c1-2-12-30(13-3-1)42-38-19-6-8-21-39(38)46-44(48-42)33-15-10-14-32(28-33)29-24-26-31(27-25-29)45-47-40-22-11-20-37-35-17-5-4-16-34(35)36-18-7-9-23-41(36)49(45)43(37)40/h1-28H. The summed E-state index contributed by atoms with van der Waals surface area (Å²) < 4.78 is 2.34. The maximum atomic E-state index is 5.23. The van der Waals surface area contributed by atoms with Gasteiger partial charge in [0, 0.05) is 33.2 Å². The van der Waals surface area contributed by atoms with E-state index >= 15 is 0 Å². The lowest BCUT2D eigenvalue weighted by atomic mass is 9.94. The molecule has 0 atom stereocenters. The Hall–Kier alpha value is -6.65. The zero-order valence-corrected chi connectivity index (χ0v) is 26.5. The lowest BCUT2D eigenvalue weighted by molar-refractivity contribution is 1.11. The first-order valence-corrected chi connectivity index (χ1v) is 16.5. The number of benzene rings is 7. The van der Waals surface area contributed by atoms with Crippen LogP contribution in [0.3, 0.4) is 0 Å². The molecule has 9 aromatic rings. The molecule has 0 radical (unpaired) electrons. The topological polar surface area (TPSA) is 43.6 Å². The van der Waals surface area contributed by atoms with Gasteiger partial charge in [-0.3, -0.25) is 4.57 Å². The summed E-state index contributed by atoms with van der Waals surface area (Å²) in [6.07, 6.45) is 0. The summed E-state index contributed by atoms with van der Waals surface area (Å²) in [6.45, 7) is 0. The molecule has 1 aliphatic heterocycles. The Kier molecular flexibility index (Phi) is 6.15. The minimum absolute atomic E-state index is 0.714. The van der Waals surface area contributed by atoms with E-state index in [0.29, 0.717) is 5.82 Å². The fraction of sp³-hybridized carbons (Fsp3) is 0. The van der Waals surface area contributed by atoms with Gasteiger partial charge < -0.3 is 0 Å². The van der Waals surface area contributed by atoms with E-state index in [0.717, 1.165) is 67.0 Å². The van der Waals surface area contributed by atoms with Gasteiger partial charge in [0.25, 0.3) is 0 Å². The minimum atomic E-state index is 0.714. The summed E-state index contributed by atoms with van der Waals surface area (Å²) >= 11 is 0. The highest BCUT2D eigenvalue weighted by atomic mass is 15.1. The Labute approximate surface area is 283 Å². The molecule has 0 aliphatic carbocycles. The summed E-state index contributed by atoms with van der Waals surface area (Å²) in [5.41, 5.74) is 15.3. The van der Waals surface area contributed by atoms with Crippen LogP contribution >= 0.6 is 0 Å². The van der Waals surface area contributed by atoms with E-state index in [2.05, 4.69) is 156 Å². The fourth-order valence-electron chi connectivity index (χ4n) is 7.29. The molecular weight excluding hydrogens is 597 g/mol. The number of aromatic nitrogens is 4. The smallest absolute Gasteiger partial charge is 0.160 e. The quantitative estimate of drug-likeness (QED) is 0.196. The first kappa shape index (κ1) is 27.5. The van der Waals surface area contributed by atoms with Crippen molar-refractivity contribution in [3.63, 3.8) is 0 Å². The molecule has 1 aliphatic rings. The third-order valence-corrected chi connectivity index (χ3v) is 9.58. The second kappa shape index (κ2) is 11.0. The highest BCUT2D eigenvalue weighted by molar-refractivity contribution is 6.03. The molecule has 0 bridgehead atoms. The van der Waals surface area contributed by atoms with Gasteiger partial charge in [-0.15, -0.1) is 0 Å². The van der Waals surface area contributed by atoms with Crippen molar-refractivity contribution in [3.05, 3.63) is 170 Å². The summed E-state index contributed by atoms with van der Waals surface area (Å²) in [4.78, 5) is 15.3. The zero-order chi connectivity index (χ0) is 32.3. The van der Waals surface area contributed by atoms with Crippen LogP contribution in [0.25, 0.3) is 95.0 Å². The van der Waals surface area contributed by atoms with Crippen LogP contribution < -0.4 is 0 Å². The van der Waals surface area contributed by atoms with E-state index < -0.39 is 0 Å². The lowest BCUT2D eigenvalue weighted by Crippen LogP contribution is -1.99. The van der Waals surface area contributed by atoms with Crippen molar-refractivity contribution in [1.29, 1.82) is 0 Å². The third-order valence-electron chi connectivity index (χ3n) is 9.58. The van der Waals surface area contributed by atoms with Crippen molar-refractivity contribution < 1.29 is 0 Å². The van der Waals surface area contributed by atoms with Gasteiger partial charge in [0.15, 0.2) is 5.82 Å². The molecule has 2 aromatic heterocycles. The molecule has 0 amide bonds. The van der Waals surface area contributed by atoms with E-state index in [9.17, 15) is 0 Å². The van der Waals surface area contributed by atoms with E-state index in [-0.39, 0.29) is 0 Å². The largest absolute Gasteiger partial charge is 0.291 e. The Morgan fingerprint density at radius 2 is 0.980 bits per heavy atom. The average molecular weight is 625 g/mol. The third kappa shape index (κ3) is 4.42. The van der Waals surface area contributed by atoms with Gasteiger partial charge in [-0.2, -0.15) is 0 Å². The zero-order valence-electron chi connectivity index (χ0n) is 26.5. The van der Waals surface area contributed by atoms with Gasteiger partial charge in [0.05, 0.1) is 27.9 Å². The van der Waals surface area contributed by atoms with Crippen LogP contribution in [-0.4, -0.2) is 19.5 Å². The van der Waals surface area contributed by atoms with Crippen LogP contribution in [0.2, 0.25) is 0 Å². The van der Waals surface area contributed by atoms with Crippen molar-refractivity contribution >= 4 is 21.9 Å². The summed E-state index contributed by atoms with van der Waals surface area (Å²) in [5, 5.41) is 1.05. The molecule has 0 unspecified atom stereocenters. The predicted molar refractivity (Wildman–Crippen MR) is 200 cm³/mol. The van der Waals surface area contributed by atoms with Crippen molar-refractivity contribution in [2.24, 2.45) is 0 Å². The fourth-order valence-corrected chi connectivity index (χ4v) is 7.29. The Morgan fingerprint density at radius 1 is 0.367 bits per heavy atom. The number of nitrogens with zero attached hydrogens (tertiary/aromatic N) is 4. The van der Waals surface area contributed by atoms with Crippen molar-refractivity contribution in [2.45, 2.75) is 0 Å². The van der Waals surface area contributed by atoms with Gasteiger partial charge in [0.2, 0.25) is 0 Å². The molecular formula is C45H28N4. The number of hydrogen-bond donors (Lipinski definition) is 0. The summed E-state index contributed by atoms with van der Waals surface area (Å²) in [5.74, 6) is 1.65. The monoisotopic (exact) mass is 624 g/mol. The molecule has 10 rings (SSSR count). The Morgan fingerprint density at radius 3 is 1.84 bits per heavy atom. The summed E-state index contributed by atoms with van der Waals surface area (Å²) in [7, 11) is 0. The molecule has 3 heterocycles. The van der Waals surface area contributed by atoms with Gasteiger partial charge in [-0.25, -0.2) is 15.0 Å². The highest BCUT2D eigenvalue weighted by Crippen LogP contribution is 2.45. The number of fused-ring (bicyclic) bond motifs is 6. The first-order valence-electron chi connectivity index (χ1n) is 16.5. The second-order valence-corrected chi connectivity index (χ2v) is 12.4. The van der Waals surface area contributed by atoms with E-state index in [4.69, 9.17) is 15.0 Å². The van der Waals surface area contributed by atoms with Crippen molar-refractivity contribution in [2.75, 3.05) is 0 Å². The van der Waals surface area contributed by atoms with Crippen molar-refractivity contribution in [3.8, 4) is 73.1 Å². The molecule has 7 aromatic carbocycles. The number of imidazole rings is 1. The van der Waals surface area contributed by atoms with Crippen LogP contribution in [0.4, 0.5) is 0 Å². The Balaban J connectivity index is 1.07. The molecule has 4 heteroatoms. The minimum Gasteiger partial charge on any atom is -0.291 e. The number of rotatable bonds is 4. The van der Waals surface area contributed by atoms with E-state index in [1.54, 1.807) is 0 Å². The van der Waals surface area contributed by atoms with Gasteiger partial charge in [0.1, 0.15) is 5.82 Å². The molecule has 0 fully saturated rings. The molecule has 0 saturated heterocycles. The van der Waals surface area contributed by atoms with Crippen LogP contribution in [0.5, 0.6) is 0 Å². The molecule has 49 heavy (non-hydrogen) atoms. The summed E-state index contributed by atoms with van der Waals surface area (Å²) in [6, 6.07) is 59.6. The van der Waals surface area contributed by atoms with Crippen LogP contribution in [-0.2, 0) is 0 Å². The second-order valence-electron chi connectivity index (χ2n) is 12.4. The lowest BCUT2D eigenvalue weighted by Gasteiger charge is -2.13. The Bertz CT molecular complexity index is 2710. The highest BCUT2D eigenvalue weighted by Gasteiger charge is 2.25. The number of para-hydroxylation sites is 3. The maximum Gasteiger partial charge on any atom is 0.160 e. The maximum absolute atomic E-state index is 5.23. The van der Waals surface area contributed by atoms with Crippen molar-refractivity contribution in [1.82, 2.24) is 19.5 Å². The van der Waals surface area contributed by atoms with Gasteiger partial charge in [-0.05, 0) is 46.5 Å². The SMILES string of the molecule is c1ccc(-c2nc(-c3cccc(-c4ccc(-c5nc6cccc7c6n5-c5ccccc5-c5ccccc5-7)cc4)c3)nc3ccccc23)cc1. The normalized spacial score (nSPS) is 11.7. The molecule has 228 valence electrons. The molecule has 0 saturated carbocycles. The first-order chi connectivity index (χ1) is 24.3. The van der Waals surface area contributed by atoms with Gasteiger partial charge in [-0.1, -0.05) is 146 Å². The van der Waals surface area contributed by atoms with E-state index in [1.807, 2.05) is 18.2 Å². The van der Waals surface area contributed by atoms with Crippen LogP contribution in [0.15, 0.2) is 170 Å². The van der Waals surface area contributed by atoms with Crippen LogP contribution in [0.1, 0.15) is 0 Å². The van der Waals surface area contributed by atoms with Gasteiger partial charge >= 0.3 is 0 Å². The van der Waals surface area contributed by atoms with Crippen LogP contribution in [0, 0.1) is 0 Å². The molecule has 0 N–H and O–H groups in total. The van der Waals surface area contributed by atoms with E-state index in [1.165, 1.54) is 22.3 Å². The molecule has 4 nitrogen and oxygen atoms in total. The predicted octanol–water partition coefficient (Wildman–Crippen LogP) is 11.3. The number of hydrogen-bond acceptors (Lipinski definition) is 3. The molecule has 0 spiro atoms.